The summed E-state index contributed by atoms with van der Waals surface area (Å²) in [6.07, 6.45) is 4.49. The molecular formula is C18H20O2. The Bertz CT molecular complexity index is 559. The number of hydrogen-bond acceptors (Lipinski definition) is 2. The Morgan fingerprint density at radius 2 is 1.70 bits per heavy atom. The molecule has 2 aromatic rings. The average Bonchev–Trinajstić information content (AvgIpc) is 3.30. The standard InChI is InChI=1S/C18H20O2/c19-17-11-10-15(7-6-14-4-2-1-3-5-14)12-18(17)20-13-16-8-9-16/h1-5,10-12,16,19H,6-9,13H2. The lowest BCUT2D eigenvalue weighted by molar-refractivity contribution is 0.284. The molecule has 1 aliphatic carbocycles. The maximum absolute atomic E-state index is 9.83. The van der Waals surface area contributed by atoms with E-state index >= 15 is 0 Å². The van der Waals surface area contributed by atoms with E-state index in [-0.39, 0.29) is 5.75 Å². The second-order valence-electron chi connectivity index (χ2n) is 5.54. The molecule has 1 fully saturated rings. The van der Waals surface area contributed by atoms with Crippen LogP contribution in [0.15, 0.2) is 48.5 Å². The number of hydrogen-bond donors (Lipinski definition) is 1. The van der Waals surface area contributed by atoms with Gasteiger partial charge in [-0.2, -0.15) is 0 Å². The fourth-order valence-corrected chi connectivity index (χ4v) is 2.26. The van der Waals surface area contributed by atoms with Crippen LogP contribution in [0.25, 0.3) is 0 Å². The van der Waals surface area contributed by atoms with Gasteiger partial charge in [-0.15, -0.1) is 0 Å². The molecule has 0 radical (unpaired) electrons. The molecule has 1 aliphatic rings. The molecule has 2 aromatic carbocycles. The van der Waals surface area contributed by atoms with Crippen LogP contribution in [0.4, 0.5) is 0 Å². The molecule has 1 N–H and O–H groups in total. The van der Waals surface area contributed by atoms with Crippen LogP contribution < -0.4 is 4.74 Å². The van der Waals surface area contributed by atoms with Gasteiger partial charge in [0.1, 0.15) is 0 Å². The number of phenols is 1. The molecule has 104 valence electrons. The van der Waals surface area contributed by atoms with Crippen LogP contribution in [0, 0.1) is 5.92 Å². The zero-order valence-corrected chi connectivity index (χ0v) is 11.6. The lowest BCUT2D eigenvalue weighted by Crippen LogP contribution is -2.00. The summed E-state index contributed by atoms with van der Waals surface area (Å²) >= 11 is 0. The normalized spacial score (nSPS) is 14.2. The van der Waals surface area contributed by atoms with Crippen molar-refractivity contribution in [1.82, 2.24) is 0 Å². The van der Waals surface area contributed by atoms with Crippen LogP contribution in [0.1, 0.15) is 24.0 Å². The van der Waals surface area contributed by atoms with Crippen LogP contribution in [-0.2, 0) is 12.8 Å². The van der Waals surface area contributed by atoms with Gasteiger partial charge in [0.25, 0.3) is 0 Å². The molecule has 0 aliphatic heterocycles. The highest BCUT2D eigenvalue weighted by atomic mass is 16.5. The van der Waals surface area contributed by atoms with E-state index in [1.54, 1.807) is 6.07 Å². The summed E-state index contributed by atoms with van der Waals surface area (Å²) in [5.74, 6) is 1.57. The molecular weight excluding hydrogens is 248 g/mol. The smallest absolute Gasteiger partial charge is 0.161 e. The molecule has 2 heteroatoms. The first kappa shape index (κ1) is 13.0. The quantitative estimate of drug-likeness (QED) is 0.859. The molecule has 3 rings (SSSR count). The van der Waals surface area contributed by atoms with Crippen LogP contribution in [0.2, 0.25) is 0 Å². The molecule has 0 atom stereocenters. The van der Waals surface area contributed by atoms with E-state index in [1.165, 1.54) is 24.0 Å². The second kappa shape index (κ2) is 6.00. The molecule has 0 amide bonds. The Kier molecular flexibility index (Phi) is 3.91. The van der Waals surface area contributed by atoms with Crippen LogP contribution in [0.5, 0.6) is 11.5 Å². The van der Waals surface area contributed by atoms with Gasteiger partial charge in [0.05, 0.1) is 6.61 Å². The summed E-state index contributed by atoms with van der Waals surface area (Å²) in [7, 11) is 0. The number of aryl methyl sites for hydroxylation is 2. The molecule has 2 nitrogen and oxygen atoms in total. The number of rotatable bonds is 6. The van der Waals surface area contributed by atoms with Gasteiger partial charge in [-0.1, -0.05) is 36.4 Å². The van der Waals surface area contributed by atoms with Crippen LogP contribution >= 0.6 is 0 Å². The minimum absolute atomic E-state index is 0.245. The second-order valence-corrected chi connectivity index (χ2v) is 5.54. The first-order chi connectivity index (χ1) is 9.81. The lowest BCUT2D eigenvalue weighted by atomic mass is 10.0. The Hall–Kier alpha value is -1.96. The predicted molar refractivity (Wildman–Crippen MR) is 80.2 cm³/mol. The Morgan fingerprint density at radius 3 is 2.45 bits per heavy atom. The van der Waals surface area contributed by atoms with Gasteiger partial charge >= 0.3 is 0 Å². The van der Waals surface area contributed by atoms with Crippen molar-refractivity contribution >= 4 is 0 Å². The zero-order chi connectivity index (χ0) is 13.8. The van der Waals surface area contributed by atoms with Gasteiger partial charge in [0, 0.05) is 0 Å². The van der Waals surface area contributed by atoms with E-state index in [2.05, 4.69) is 24.3 Å². The molecule has 0 aromatic heterocycles. The van der Waals surface area contributed by atoms with Crippen molar-refractivity contribution in [1.29, 1.82) is 0 Å². The third-order valence-corrected chi connectivity index (χ3v) is 3.74. The largest absolute Gasteiger partial charge is 0.504 e. The molecule has 0 unspecified atom stereocenters. The number of aromatic hydroxyl groups is 1. The number of phenolic OH excluding ortho intramolecular Hbond substituents is 1. The Morgan fingerprint density at radius 1 is 0.950 bits per heavy atom. The lowest BCUT2D eigenvalue weighted by Gasteiger charge is -2.09. The summed E-state index contributed by atoms with van der Waals surface area (Å²) in [4.78, 5) is 0. The summed E-state index contributed by atoms with van der Waals surface area (Å²) in [5, 5.41) is 9.83. The van der Waals surface area contributed by atoms with E-state index in [4.69, 9.17) is 4.74 Å². The fraction of sp³-hybridized carbons (Fsp3) is 0.333. The van der Waals surface area contributed by atoms with Crippen molar-refractivity contribution < 1.29 is 9.84 Å². The first-order valence-corrected chi connectivity index (χ1v) is 7.30. The molecule has 0 heterocycles. The third kappa shape index (κ3) is 3.53. The maximum atomic E-state index is 9.83. The highest BCUT2D eigenvalue weighted by Crippen LogP contribution is 2.32. The fourth-order valence-electron chi connectivity index (χ4n) is 2.26. The highest BCUT2D eigenvalue weighted by Gasteiger charge is 2.22. The van der Waals surface area contributed by atoms with Gasteiger partial charge in [0.15, 0.2) is 11.5 Å². The van der Waals surface area contributed by atoms with E-state index < -0.39 is 0 Å². The van der Waals surface area contributed by atoms with Crippen LogP contribution in [-0.4, -0.2) is 11.7 Å². The average molecular weight is 268 g/mol. The van der Waals surface area contributed by atoms with Gasteiger partial charge in [-0.3, -0.25) is 0 Å². The molecule has 20 heavy (non-hydrogen) atoms. The van der Waals surface area contributed by atoms with Crippen molar-refractivity contribution in [3.8, 4) is 11.5 Å². The number of benzene rings is 2. The van der Waals surface area contributed by atoms with Gasteiger partial charge in [-0.25, -0.2) is 0 Å². The Labute approximate surface area is 120 Å². The topological polar surface area (TPSA) is 29.5 Å². The van der Waals surface area contributed by atoms with Crippen molar-refractivity contribution in [3.05, 3.63) is 59.7 Å². The van der Waals surface area contributed by atoms with Gasteiger partial charge in [0.2, 0.25) is 0 Å². The SMILES string of the molecule is Oc1ccc(CCc2ccccc2)cc1OCC1CC1. The van der Waals surface area contributed by atoms with E-state index in [9.17, 15) is 5.11 Å². The monoisotopic (exact) mass is 268 g/mol. The van der Waals surface area contributed by atoms with E-state index in [1.807, 2.05) is 18.2 Å². The minimum Gasteiger partial charge on any atom is -0.504 e. The van der Waals surface area contributed by atoms with Crippen LogP contribution in [0.3, 0.4) is 0 Å². The summed E-state index contributed by atoms with van der Waals surface area (Å²) in [5.41, 5.74) is 2.54. The van der Waals surface area contributed by atoms with E-state index in [0.29, 0.717) is 11.7 Å². The molecule has 0 saturated heterocycles. The molecule has 0 bridgehead atoms. The summed E-state index contributed by atoms with van der Waals surface area (Å²) < 4.78 is 5.70. The van der Waals surface area contributed by atoms with Crippen molar-refractivity contribution in [2.75, 3.05) is 6.61 Å². The van der Waals surface area contributed by atoms with Crippen molar-refractivity contribution in [3.63, 3.8) is 0 Å². The highest BCUT2D eigenvalue weighted by molar-refractivity contribution is 5.42. The molecule has 0 spiro atoms. The minimum atomic E-state index is 0.245. The zero-order valence-electron chi connectivity index (χ0n) is 11.6. The van der Waals surface area contributed by atoms with Crippen molar-refractivity contribution in [2.45, 2.75) is 25.7 Å². The number of ether oxygens (including phenoxy) is 1. The summed E-state index contributed by atoms with van der Waals surface area (Å²) in [6.45, 7) is 0.732. The van der Waals surface area contributed by atoms with E-state index in [0.717, 1.165) is 19.4 Å². The Balaban J connectivity index is 1.62. The molecule has 1 saturated carbocycles. The maximum Gasteiger partial charge on any atom is 0.161 e. The van der Waals surface area contributed by atoms with Gasteiger partial charge < -0.3 is 9.84 Å². The van der Waals surface area contributed by atoms with Gasteiger partial charge in [-0.05, 0) is 54.9 Å². The summed E-state index contributed by atoms with van der Waals surface area (Å²) in [6, 6.07) is 16.1. The van der Waals surface area contributed by atoms with Crippen molar-refractivity contribution in [2.24, 2.45) is 5.92 Å². The predicted octanol–water partition coefficient (Wildman–Crippen LogP) is 3.97. The third-order valence-electron chi connectivity index (χ3n) is 3.74. The first-order valence-electron chi connectivity index (χ1n) is 7.30.